The predicted molar refractivity (Wildman–Crippen MR) is 63.1 cm³/mol. The second-order valence-electron chi connectivity index (χ2n) is 3.35. The zero-order valence-corrected chi connectivity index (χ0v) is 10.2. The van der Waals surface area contributed by atoms with Crippen LogP contribution in [0, 0.1) is 12.7 Å². The smallest absolute Gasteiger partial charge is 0.146 e. The molecule has 0 amide bonds. The van der Waals surface area contributed by atoms with E-state index in [1.165, 1.54) is 12.1 Å². The molecule has 1 heterocycles. The fraction of sp³-hybridized carbons (Fsp3) is 0.0833. The average molecular weight is 282 g/mol. The van der Waals surface area contributed by atoms with Gasteiger partial charge in [0, 0.05) is 10.7 Å². The van der Waals surface area contributed by atoms with Crippen LogP contribution < -0.4 is 4.74 Å². The Morgan fingerprint density at radius 2 is 2.06 bits per heavy atom. The maximum absolute atomic E-state index is 12.9. The summed E-state index contributed by atoms with van der Waals surface area (Å²) in [5, 5.41) is 0. The van der Waals surface area contributed by atoms with Crippen molar-refractivity contribution in [3.05, 3.63) is 52.5 Å². The van der Waals surface area contributed by atoms with Gasteiger partial charge in [-0.1, -0.05) is 0 Å². The number of pyridine rings is 1. The van der Waals surface area contributed by atoms with Crippen molar-refractivity contribution in [2.45, 2.75) is 6.92 Å². The molecule has 0 saturated carbocycles. The molecule has 1 aromatic heterocycles. The number of nitrogens with zero attached hydrogens (tertiary/aromatic N) is 1. The highest BCUT2D eigenvalue weighted by Crippen LogP contribution is 2.26. The molecule has 2 aromatic rings. The molecule has 0 aliphatic rings. The van der Waals surface area contributed by atoms with Crippen LogP contribution in [0.1, 0.15) is 5.56 Å². The number of hydrogen-bond acceptors (Lipinski definition) is 2. The number of rotatable bonds is 2. The molecule has 0 bridgehead atoms. The van der Waals surface area contributed by atoms with Crippen molar-refractivity contribution in [2.75, 3.05) is 0 Å². The minimum absolute atomic E-state index is 0.266. The molecule has 0 radical (unpaired) electrons. The summed E-state index contributed by atoms with van der Waals surface area (Å²) in [6, 6.07) is 6.20. The minimum Gasteiger partial charge on any atom is -0.455 e. The van der Waals surface area contributed by atoms with Gasteiger partial charge in [-0.3, -0.25) is 4.98 Å². The van der Waals surface area contributed by atoms with Gasteiger partial charge in [0.1, 0.15) is 17.3 Å². The highest BCUT2D eigenvalue weighted by atomic mass is 79.9. The monoisotopic (exact) mass is 281 g/mol. The summed E-state index contributed by atoms with van der Waals surface area (Å²) < 4.78 is 19.3. The number of ether oxygens (including phenoxy) is 1. The predicted octanol–water partition coefficient (Wildman–Crippen LogP) is 4.08. The number of aromatic nitrogens is 1. The largest absolute Gasteiger partial charge is 0.455 e. The fourth-order valence-electron chi connectivity index (χ4n) is 1.30. The summed E-state index contributed by atoms with van der Waals surface area (Å²) in [6.45, 7) is 1.80. The summed E-state index contributed by atoms with van der Waals surface area (Å²) in [4.78, 5) is 3.98. The standard InChI is InChI=1S/C12H9BrFNO/c1-8-4-10(14)2-3-12(8)16-11-5-9(13)6-15-7-11/h2-7H,1H3. The second-order valence-corrected chi connectivity index (χ2v) is 4.27. The Kier molecular flexibility index (Phi) is 3.19. The first-order chi connectivity index (χ1) is 7.65. The molecule has 0 aliphatic carbocycles. The molecule has 0 fully saturated rings. The molecule has 0 aliphatic heterocycles. The lowest BCUT2D eigenvalue weighted by Gasteiger charge is -2.08. The van der Waals surface area contributed by atoms with Crippen LogP contribution in [-0.4, -0.2) is 4.98 Å². The number of halogens is 2. The van der Waals surface area contributed by atoms with Crippen molar-refractivity contribution in [1.29, 1.82) is 0 Å². The number of benzene rings is 1. The van der Waals surface area contributed by atoms with Crippen LogP contribution in [0.4, 0.5) is 4.39 Å². The van der Waals surface area contributed by atoms with Gasteiger partial charge in [-0.25, -0.2) is 4.39 Å². The van der Waals surface area contributed by atoms with E-state index in [1.54, 1.807) is 31.5 Å². The Labute approximate surface area is 101 Å². The fourth-order valence-corrected chi connectivity index (χ4v) is 1.65. The average Bonchev–Trinajstić information content (AvgIpc) is 2.22. The summed E-state index contributed by atoms with van der Waals surface area (Å²) in [5.41, 5.74) is 0.750. The Hall–Kier alpha value is -1.42. The van der Waals surface area contributed by atoms with Crippen molar-refractivity contribution < 1.29 is 9.13 Å². The van der Waals surface area contributed by atoms with E-state index in [4.69, 9.17) is 4.74 Å². The Balaban J connectivity index is 2.27. The molecule has 0 N–H and O–H groups in total. The molecule has 0 atom stereocenters. The summed E-state index contributed by atoms with van der Waals surface area (Å²) >= 11 is 3.30. The molecular formula is C12H9BrFNO. The van der Waals surface area contributed by atoms with E-state index in [1.807, 2.05) is 0 Å². The van der Waals surface area contributed by atoms with E-state index in [9.17, 15) is 4.39 Å². The maximum Gasteiger partial charge on any atom is 0.146 e. The van der Waals surface area contributed by atoms with E-state index in [0.717, 1.165) is 10.0 Å². The van der Waals surface area contributed by atoms with Gasteiger partial charge >= 0.3 is 0 Å². The van der Waals surface area contributed by atoms with Crippen LogP contribution in [0.25, 0.3) is 0 Å². The quantitative estimate of drug-likeness (QED) is 0.827. The minimum atomic E-state index is -0.266. The summed E-state index contributed by atoms with van der Waals surface area (Å²) in [5.74, 6) is 0.975. The molecule has 0 spiro atoms. The van der Waals surface area contributed by atoms with E-state index in [2.05, 4.69) is 20.9 Å². The third kappa shape index (κ3) is 2.58. The third-order valence-corrected chi connectivity index (χ3v) is 2.48. The van der Waals surface area contributed by atoms with Crippen molar-refractivity contribution >= 4 is 15.9 Å². The SMILES string of the molecule is Cc1cc(F)ccc1Oc1cncc(Br)c1. The lowest BCUT2D eigenvalue weighted by atomic mass is 10.2. The van der Waals surface area contributed by atoms with Crippen molar-refractivity contribution in [3.8, 4) is 11.5 Å². The molecule has 2 nitrogen and oxygen atoms in total. The molecule has 4 heteroatoms. The first kappa shape index (κ1) is 11.1. The van der Waals surface area contributed by atoms with Gasteiger partial charge in [-0.05, 0) is 52.7 Å². The molecule has 0 saturated heterocycles. The van der Waals surface area contributed by atoms with Crippen LogP contribution in [0.15, 0.2) is 41.1 Å². The van der Waals surface area contributed by atoms with Gasteiger partial charge in [0.2, 0.25) is 0 Å². The topological polar surface area (TPSA) is 22.1 Å². The van der Waals surface area contributed by atoms with E-state index in [-0.39, 0.29) is 5.82 Å². The lowest BCUT2D eigenvalue weighted by Crippen LogP contribution is -1.89. The Bertz CT molecular complexity index is 516. The normalized spacial score (nSPS) is 10.2. The molecule has 1 aromatic carbocycles. The first-order valence-corrected chi connectivity index (χ1v) is 5.49. The third-order valence-electron chi connectivity index (χ3n) is 2.04. The molecular weight excluding hydrogens is 273 g/mol. The van der Waals surface area contributed by atoms with Gasteiger partial charge in [0.25, 0.3) is 0 Å². The Morgan fingerprint density at radius 3 is 2.75 bits per heavy atom. The second kappa shape index (κ2) is 4.61. The van der Waals surface area contributed by atoms with Crippen molar-refractivity contribution in [3.63, 3.8) is 0 Å². The number of hydrogen-bond donors (Lipinski definition) is 0. The summed E-state index contributed by atoms with van der Waals surface area (Å²) in [6.07, 6.45) is 3.28. The zero-order chi connectivity index (χ0) is 11.5. The Morgan fingerprint density at radius 1 is 1.25 bits per heavy atom. The summed E-state index contributed by atoms with van der Waals surface area (Å²) in [7, 11) is 0. The van der Waals surface area contributed by atoms with Gasteiger partial charge in [0.15, 0.2) is 0 Å². The first-order valence-electron chi connectivity index (χ1n) is 4.70. The number of aryl methyl sites for hydroxylation is 1. The highest BCUT2D eigenvalue weighted by Gasteiger charge is 2.03. The highest BCUT2D eigenvalue weighted by molar-refractivity contribution is 9.10. The van der Waals surface area contributed by atoms with Crippen molar-refractivity contribution in [1.82, 2.24) is 4.98 Å². The zero-order valence-electron chi connectivity index (χ0n) is 8.58. The molecule has 2 rings (SSSR count). The van der Waals surface area contributed by atoms with Crippen LogP contribution in [0.3, 0.4) is 0 Å². The van der Waals surface area contributed by atoms with E-state index >= 15 is 0 Å². The van der Waals surface area contributed by atoms with Gasteiger partial charge < -0.3 is 4.74 Å². The molecule has 82 valence electrons. The van der Waals surface area contributed by atoms with E-state index in [0.29, 0.717) is 11.5 Å². The molecule has 0 unspecified atom stereocenters. The van der Waals surface area contributed by atoms with Crippen LogP contribution in [0.5, 0.6) is 11.5 Å². The maximum atomic E-state index is 12.9. The van der Waals surface area contributed by atoms with Crippen LogP contribution in [-0.2, 0) is 0 Å². The van der Waals surface area contributed by atoms with Gasteiger partial charge in [-0.15, -0.1) is 0 Å². The van der Waals surface area contributed by atoms with Crippen LogP contribution >= 0.6 is 15.9 Å². The van der Waals surface area contributed by atoms with E-state index < -0.39 is 0 Å². The van der Waals surface area contributed by atoms with Gasteiger partial charge in [-0.2, -0.15) is 0 Å². The van der Waals surface area contributed by atoms with Crippen LogP contribution in [0.2, 0.25) is 0 Å². The lowest BCUT2D eigenvalue weighted by molar-refractivity contribution is 0.474. The van der Waals surface area contributed by atoms with Crippen molar-refractivity contribution in [2.24, 2.45) is 0 Å². The van der Waals surface area contributed by atoms with Gasteiger partial charge in [0.05, 0.1) is 6.20 Å². The molecule has 16 heavy (non-hydrogen) atoms.